The fraction of sp³-hybridized carbons (Fsp3) is 0.389. The number of nitrogens with one attached hydrogen (secondary N) is 2. The smallest absolute Gasteiger partial charge is 0.273 e. The number of hydrogen-bond acceptors (Lipinski definition) is 7. The van der Waals surface area contributed by atoms with Crippen LogP contribution in [0.1, 0.15) is 28.9 Å². The molecule has 1 aliphatic rings. The van der Waals surface area contributed by atoms with Gasteiger partial charge in [-0.2, -0.15) is 0 Å². The number of halogens is 1. The summed E-state index contributed by atoms with van der Waals surface area (Å²) in [6.07, 6.45) is 2.21. The van der Waals surface area contributed by atoms with Crippen LogP contribution in [0.2, 0.25) is 0 Å². The first-order valence-corrected chi connectivity index (χ1v) is 10.5. The van der Waals surface area contributed by atoms with E-state index in [1.165, 1.54) is 18.9 Å². The number of amides is 2. The van der Waals surface area contributed by atoms with Gasteiger partial charge in [0.25, 0.3) is 11.8 Å². The second-order valence-corrected chi connectivity index (χ2v) is 8.19. The number of benzene rings is 1. The van der Waals surface area contributed by atoms with E-state index < -0.39 is 17.5 Å². The summed E-state index contributed by atoms with van der Waals surface area (Å²) in [7, 11) is 3.09. The Labute approximate surface area is 170 Å². The van der Waals surface area contributed by atoms with Crippen LogP contribution in [0.4, 0.5) is 9.39 Å². The van der Waals surface area contributed by atoms with E-state index in [4.69, 9.17) is 9.47 Å². The van der Waals surface area contributed by atoms with Gasteiger partial charge in [0.2, 0.25) is 0 Å². The first-order chi connectivity index (χ1) is 13.4. The summed E-state index contributed by atoms with van der Waals surface area (Å²) in [6, 6.07) is 5.27. The molecule has 0 aliphatic heterocycles. The van der Waals surface area contributed by atoms with E-state index >= 15 is 0 Å². The monoisotopic (exact) mass is 425 g/mol. The van der Waals surface area contributed by atoms with Crippen LogP contribution in [0.5, 0.6) is 11.5 Å². The van der Waals surface area contributed by atoms with Gasteiger partial charge in [0.05, 0.1) is 14.2 Å². The fourth-order valence-electron chi connectivity index (χ4n) is 2.44. The summed E-state index contributed by atoms with van der Waals surface area (Å²) < 4.78 is 25.0. The molecule has 0 radical (unpaired) electrons. The number of anilines is 1. The van der Waals surface area contributed by atoms with Gasteiger partial charge in [0.15, 0.2) is 15.7 Å². The van der Waals surface area contributed by atoms with Gasteiger partial charge in [0.1, 0.15) is 16.5 Å². The van der Waals surface area contributed by atoms with Crippen molar-refractivity contribution in [1.29, 1.82) is 0 Å². The van der Waals surface area contributed by atoms with Crippen molar-refractivity contribution in [2.24, 2.45) is 0 Å². The highest BCUT2D eigenvalue weighted by atomic mass is 32.2. The number of alkyl halides is 1. The lowest BCUT2D eigenvalue weighted by molar-refractivity contribution is -0.122. The lowest BCUT2D eigenvalue weighted by Gasteiger charge is -2.11. The van der Waals surface area contributed by atoms with Gasteiger partial charge in [-0.15, -0.1) is 0 Å². The number of nitrogens with zero attached hydrogens (tertiary/aromatic N) is 1. The van der Waals surface area contributed by atoms with Gasteiger partial charge in [-0.3, -0.25) is 9.59 Å². The number of ether oxygens (including phenoxy) is 2. The van der Waals surface area contributed by atoms with E-state index in [1.807, 2.05) is 6.26 Å². The average molecular weight is 426 g/mol. The maximum Gasteiger partial charge on any atom is 0.273 e. The van der Waals surface area contributed by atoms with Crippen molar-refractivity contribution in [3.63, 3.8) is 0 Å². The van der Waals surface area contributed by atoms with Crippen LogP contribution in [0.15, 0.2) is 22.5 Å². The molecular formula is C18H20FN3O4S2. The molecule has 2 aromatic rings. The Hall–Kier alpha value is -2.33. The second kappa shape index (κ2) is 8.36. The van der Waals surface area contributed by atoms with E-state index in [9.17, 15) is 14.0 Å². The van der Waals surface area contributed by atoms with Crippen LogP contribution in [-0.4, -0.2) is 42.9 Å². The molecule has 1 aromatic heterocycles. The summed E-state index contributed by atoms with van der Waals surface area (Å²) >= 11 is 2.49. The molecule has 0 spiro atoms. The molecule has 1 aromatic carbocycles. The predicted octanol–water partition coefficient (Wildman–Crippen LogP) is 3.25. The van der Waals surface area contributed by atoms with Gasteiger partial charge >= 0.3 is 0 Å². The Bertz CT molecular complexity index is 899. The number of carbonyl (C=O) groups excluding carboxylic acids is 2. The van der Waals surface area contributed by atoms with Crippen molar-refractivity contribution in [1.82, 2.24) is 10.3 Å². The molecule has 10 heteroatoms. The second-order valence-electron chi connectivity index (χ2n) is 6.14. The summed E-state index contributed by atoms with van der Waals surface area (Å²) in [6.45, 7) is 0.193. The van der Waals surface area contributed by atoms with E-state index in [0.717, 1.165) is 16.9 Å². The number of methoxy groups -OCH3 is 2. The van der Waals surface area contributed by atoms with E-state index in [2.05, 4.69) is 15.6 Å². The van der Waals surface area contributed by atoms with Gasteiger partial charge in [-0.25, -0.2) is 9.37 Å². The lowest BCUT2D eigenvalue weighted by atomic mass is 10.2. The zero-order chi connectivity index (χ0) is 20.3. The zero-order valence-corrected chi connectivity index (χ0v) is 17.3. The molecule has 3 rings (SSSR count). The molecular weight excluding hydrogens is 405 g/mol. The van der Waals surface area contributed by atoms with Crippen molar-refractivity contribution in [3.05, 3.63) is 29.5 Å². The molecule has 2 N–H and O–H groups in total. The summed E-state index contributed by atoms with van der Waals surface area (Å²) in [4.78, 5) is 28.9. The minimum absolute atomic E-state index is 0.0689. The maximum atomic E-state index is 14.0. The number of hydrogen-bond donors (Lipinski definition) is 2. The average Bonchev–Trinajstić information content (AvgIpc) is 3.33. The molecule has 1 fully saturated rings. The molecule has 28 heavy (non-hydrogen) atoms. The Morgan fingerprint density at radius 1 is 1.32 bits per heavy atom. The largest absolute Gasteiger partial charge is 0.497 e. The Balaban J connectivity index is 1.73. The molecule has 7 nitrogen and oxygen atoms in total. The normalized spacial score (nSPS) is 14.3. The molecule has 1 aliphatic carbocycles. The van der Waals surface area contributed by atoms with Crippen LogP contribution >= 0.6 is 23.1 Å². The Morgan fingerprint density at radius 2 is 2.07 bits per heavy atom. The van der Waals surface area contributed by atoms with E-state index in [-0.39, 0.29) is 30.1 Å². The van der Waals surface area contributed by atoms with Crippen molar-refractivity contribution in [2.75, 3.05) is 25.8 Å². The van der Waals surface area contributed by atoms with Gasteiger partial charge in [-0.05, 0) is 31.2 Å². The first kappa shape index (κ1) is 20.4. The van der Waals surface area contributed by atoms with Crippen LogP contribution in [0.25, 0.3) is 0 Å². The minimum atomic E-state index is -1.83. The lowest BCUT2D eigenvalue weighted by Crippen LogP contribution is -2.28. The van der Waals surface area contributed by atoms with Crippen LogP contribution < -0.4 is 20.1 Å². The van der Waals surface area contributed by atoms with Gasteiger partial charge in [0, 0.05) is 18.2 Å². The maximum absolute atomic E-state index is 14.0. The van der Waals surface area contributed by atoms with Crippen molar-refractivity contribution >= 4 is 39.9 Å². The quantitative estimate of drug-likeness (QED) is 0.631. The van der Waals surface area contributed by atoms with Crippen LogP contribution in [0, 0.1) is 0 Å². The third kappa shape index (κ3) is 4.39. The Morgan fingerprint density at radius 3 is 2.68 bits per heavy atom. The SMILES string of the molecule is COc1ccc(CNC(=O)c2nc(SC)sc2NC(=O)C2(F)CC2)c(OC)c1. The van der Waals surface area contributed by atoms with E-state index in [0.29, 0.717) is 15.8 Å². The highest BCUT2D eigenvalue weighted by Gasteiger charge is 2.51. The fourth-order valence-corrected chi connectivity index (χ4v) is 3.89. The predicted molar refractivity (Wildman–Crippen MR) is 106 cm³/mol. The van der Waals surface area contributed by atoms with Crippen molar-refractivity contribution < 1.29 is 23.5 Å². The van der Waals surface area contributed by atoms with Crippen molar-refractivity contribution in [3.8, 4) is 11.5 Å². The summed E-state index contributed by atoms with van der Waals surface area (Å²) in [5.41, 5.74) is -1.00. The zero-order valence-electron chi connectivity index (χ0n) is 15.6. The number of rotatable bonds is 8. The third-order valence-corrected chi connectivity index (χ3v) is 6.21. The molecule has 0 unspecified atom stereocenters. The van der Waals surface area contributed by atoms with Crippen LogP contribution in [0.3, 0.4) is 0 Å². The van der Waals surface area contributed by atoms with Gasteiger partial charge in [-0.1, -0.05) is 23.1 Å². The first-order valence-electron chi connectivity index (χ1n) is 8.44. The number of carbonyl (C=O) groups is 2. The topological polar surface area (TPSA) is 89.5 Å². The molecule has 1 saturated carbocycles. The highest BCUT2D eigenvalue weighted by Crippen LogP contribution is 2.41. The molecule has 0 atom stereocenters. The molecule has 0 saturated heterocycles. The van der Waals surface area contributed by atoms with Crippen LogP contribution in [-0.2, 0) is 11.3 Å². The summed E-state index contributed by atoms with van der Waals surface area (Å²) in [5.74, 6) is 0.0220. The molecule has 0 bridgehead atoms. The number of thiazole rings is 1. The third-order valence-electron chi connectivity index (χ3n) is 4.25. The molecule has 150 valence electrons. The van der Waals surface area contributed by atoms with Crippen molar-refractivity contribution in [2.45, 2.75) is 29.4 Å². The summed E-state index contributed by atoms with van der Waals surface area (Å²) in [5, 5.41) is 5.52. The minimum Gasteiger partial charge on any atom is -0.497 e. The number of thioether (sulfide) groups is 1. The standard InChI is InChI=1S/C18H20FN3O4S2/c1-25-11-5-4-10(12(8-11)26-2)9-20-14(23)13-15(28-17(21-13)27-3)22-16(24)18(19)6-7-18/h4-5,8H,6-7,9H2,1-3H3,(H,20,23)(H,22,24). The highest BCUT2D eigenvalue weighted by molar-refractivity contribution is 8.00. The molecule has 2 amide bonds. The molecule has 1 heterocycles. The Kier molecular flexibility index (Phi) is 6.09. The van der Waals surface area contributed by atoms with Gasteiger partial charge < -0.3 is 20.1 Å². The number of aromatic nitrogens is 1. The van der Waals surface area contributed by atoms with E-state index in [1.54, 1.807) is 25.3 Å².